The van der Waals surface area contributed by atoms with E-state index in [0.717, 1.165) is 55.3 Å². The Bertz CT molecular complexity index is 1340. The third-order valence-electron chi connectivity index (χ3n) is 8.01. The first-order valence-corrected chi connectivity index (χ1v) is 13.2. The molecule has 1 atom stereocenters. The standard InChI is InChI=1S/C32H36N2O2/c1-3-30(34-22-24-10-6-4-7-11-24)32(26-12-8-5-9-13-26)17-14-27(15-18-32)36-29-21-25-16-19-33-31(35)28(25)20-23(29)2/h4-13,16,19-21,27,30,34H,3,14-15,17-18,22H2,1-2H3,(H,33,35)/t27-,30-,32-/m1/s1. The summed E-state index contributed by atoms with van der Waals surface area (Å²) in [5.41, 5.74) is 3.78. The highest BCUT2D eigenvalue weighted by molar-refractivity contribution is 5.83. The van der Waals surface area contributed by atoms with Gasteiger partial charge >= 0.3 is 0 Å². The Morgan fingerprint density at radius 3 is 2.39 bits per heavy atom. The first-order valence-electron chi connectivity index (χ1n) is 13.2. The fourth-order valence-corrected chi connectivity index (χ4v) is 6.03. The Labute approximate surface area is 213 Å². The van der Waals surface area contributed by atoms with Crippen LogP contribution in [0.25, 0.3) is 10.8 Å². The number of ether oxygens (including phenoxy) is 1. The van der Waals surface area contributed by atoms with Crippen LogP contribution in [0.4, 0.5) is 0 Å². The molecule has 0 saturated heterocycles. The van der Waals surface area contributed by atoms with Crippen LogP contribution in [0.2, 0.25) is 0 Å². The molecule has 1 fully saturated rings. The van der Waals surface area contributed by atoms with Gasteiger partial charge in [-0.25, -0.2) is 0 Å². The molecule has 3 aromatic carbocycles. The predicted octanol–water partition coefficient (Wildman–Crippen LogP) is 6.66. The van der Waals surface area contributed by atoms with Crippen molar-refractivity contribution in [3.8, 4) is 5.75 Å². The largest absolute Gasteiger partial charge is 0.490 e. The third-order valence-corrected chi connectivity index (χ3v) is 8.01. The van der Waals surface area contributed by atoms with E-state index in [1.807, 2.05) is 25.1 Å². The molecule has 4 nitrogen and oxygen atoms in total. The molecule has 2 N–H and O–H groups in total. The van der Waals surface area contributed by atoms with Gasteiger partial charge in [-0.3, -0.25) is 4.79 Å². The summed E-state index contributed by atoms with van der Waals surface area (Å²) in [6.07, 6.45) is 7.11. The maximum absolute atomic E-state index is 12.2. The van der Waals surface area contributed by atoms with E-state index in [1.165, 1.54) is 11.1 Å². The van der Waals surface area contributed by atoms with Crippen molar-refractivity contribution in [1.29, 1.82) is 0 Å². The van der Waals surface area contributed by atoms with Gasteiger partial charge in [-0.1, -0.05) is 67.6 Å². The summed E-state index contributed by atoms with van der Waals surface area (Å²) < 4.78 is 6.57. The first-order chi connectivity index (χ1) is 17.6. The van der Waals surface area contributed by atoms with Crippen LogP contribution in [0.5, 0.6) is 5.75 Å². The van der Waals surface area contributed by atoms with Crippen LogP contribution in [0.15, 0.2) is 89.9 Å². The lowest BCUT2D eigenvalue weighted by molar-refractivity contribution is 0.0950. The van der Waals surface area contributed by atoms with E-state index in [0.29, 0.717) is 11.4 Å². The SMILES string of the molecule is CC[C@@H](NCc1ccccc1)[C@]1(c2ccccc2)CC[C@@H](Oc2cc3cc[nH]c(=O)c3cc2C)CC1. The van der Waals surface area contributed by atoms with Gasteiger partial charge in [-0.2, -0.15) is 0 Å². The number of fused-ring (bicyclic) bond motifs is 1. The highest BCUT2D eigenvalue weighted by Crippen LogP contribution is 2.44. The molecule has 5 rings (SSSR count). The second kappa shape index (κ2) is 10.7. The minimum atomic E-state index is -0.0546. The maximum atomic E-state index is 12.2. The van der Waals surface area contributed by atoms with Gasteiger partial charge in [0.25, 0.3) is 5.56 Å². The topological polar surface area (TPSA) is 54.1 Å². The Balaban J connectivity index is 1.35. The number of H-pyrrole nitrogens is 1. The average molecular weight is 481 g/mol. The molecular formula is C32H36N2O2. The lowest BCUT2D eigenvalue weighted by Crippen LogP contribution is -2.51. The quantitative estimate of drug-likeness (QED) is 0.296. The Morgan fingerprint density at radius 2 is 1.69 bits per heavy atom. The van der Waals surface area contributed by atoms with Crippen molar-refractivity contribution in [2.75, 3.05) is 0 Å². The van der Waals surface area contributed by atoms with Crippen LogP contribution in [0.3, 0.4) is 0 Å². The molecule has 4 aromatic rings. The van der Waals surface area contributed by atoms with Gasteiger partial charge in [0, 0.05) is 29.6 Å². The highest BCUT2D eigenvalue weighted by Gasteiger charge is 2.43. The highest BCUT2D eigenvalue weighted by atomic mass is 16.5. The normalized spacial score (nSPS) is 20.8. The number of rotatable bonds is 8. The molecule has 1 aliphatic carbocycles. The second-order valence-electron chi connectivity index (χ2n) is 10.2. The predicted molar refractivity (Wildman–Crippen MR) is 148 cm³/mol. The number of hydrogen-bond donors (Lipinski definition) is 2. The van der Waals surface area contributed by atoms with Crippen LogP contribution in [-0.2, 0) is 12.0 Å². The minimum absolute atomic E-state index is 0.0546. The summed E-state index contributed by atoms with van der Waals surface area (Å²) in [6, 6.07) is 28.0. The van der Waals surface area contributed by atoms with Crippen molar-refractivity contribution in [3.05, 3.63) is 112 Å². The molecule has 4 heteroatoms. The molecule has 0 unspecified atom stereocenters. The van der Waals surface area contributed by atoms with E-state index in [-0.39, 0.29) is 17.1 Å². The van der Waals surface area contributed by atoms with Crippen LogP contribution in [0.1, 0.15) is 55.7 Å². The van der Waals surface area contributed by atoms with Gasteiger partial charge in [0.1, 0.15) is 5.75 Å². The fraction of sp³-hybridized carbons (Fsp3) is 0.344. The molecule has 0 spiro atoms. The van der Waals surface area contributed by atoms with E-state index >= 15 is 0 Å². The lowest BCUT2D eigenvalue weighted by atomic mass is 9.63. The summed E-state index contributed by atoms with van der Waals surface area (Å²) in [6.45, 7) is 5.21. The zero-order chi connectivity index (χ0) is 25.0. The van der Waals surface area contributed by atoms with Gasteiger partial charge in [-0.15, -0.1) is 0 Å². The first kappa shape index (κ1) is 24.3. The Morgan fingerprint density at radius 1 is 1.00 bits per heavy atom. The molecular weight excluding hydrogens is 444 g/mol. The molecule has 36 heavy (non-hydrogen) atoms. The number of benzene rings is 3. The number of nitrogens with one attached hydrogen (secondary N) is 2. The van der Waals surface area contributed by atoms with Crippen LogP contribution < -0.4 is 15.6 Å². The molecule has 0 amide bonds. The lowest BCUT2D eigenvalue weighted by Gasteiger charge is -2.46. The molecule has 0 bridgehead atoms. The summed E-state index contributed by atoms with van der Waals surface area (Å²) >= 11 is 0. The summed E-state index contributed by atoms with van der Waals surface area (Å²) in [7, 11) is 0. The van der Waals surface area contributed by atoms with Gasteiger partial charge in [0.05, 0.1) is 6.10 Å². The van der Waals surface area contributed by atoms with Crippen molar-refractivity contribution in [2.45, 2.75) is 70.1 Å². The molecule has 0 radical (unpaired) electrons. The molecule has 1 saturated carbocycles. The molecule has 0 aliphatic heterocycles. The Hall–Kier alpha value is -3.37. The fourth-order valence-electron chi connectivity index (χ4n) is 6.03. The van der Waals surface area contributed by atoms with Gasteiger partial charge in [0.15, 0.2) is 0 Å². The summed E-state index contributed by atoms with van der Waals surface area (Å²) in [5, 5.41) is 5.55. The van der Waals surface area contributed by atoms with Crippen molar-refractivity contribution in [1.82, 2.24) is 10.3 Å². The van der Waals surface area contributed by atoms with Crippen LogP contribution >= 0.6 is 0 Å². The zero-order valence-electron chi connectivity index (χ0n) is 21.3. The van der Waals surface area contributed by atoms with E-state index in [9.17, 15) is 4.79 Å². The Kier molecular flexibility index (Phi) is 7.24. The number of pyridine rings is 1. The van der Waals surface area contributed by atoms with Gasteiger partial charge in [0.2, 0.25) is 0 Å². The molecule has 1 heterocycles. The number of aromatic nitrogens is 1. The summed E-state index contributed by atoms with van der Waals surface area (Å²) in [4.78, 5) is 14.9. The molecule has 1 aromatic heterocycles. The van der Waals surface area contributed by atoms with Gasteiger partial charge < -0.3 is 15.0 Å². The average Bonchev–Trinajstić information content (AvgIpc) is 2.92. The van der Waals surface area contributed by atoms with Crippen molar-refractivity contribution >= 4 is 10.8 Å². The van der Waals surface area contributed by atoms with E-state index in [2.05, 4.69) is 77.9 Å². The van der Waals surface area contributed by atoms with E-state index in [1.54, 1.807) is 6.20 Å². The molecule has 186 valence electrons. The van der Waals surface area contributed by atoms with E-state index in [4.69, 9.17) is 4.74 Å². The third kappa shape index (κ3) is 4.96. The maximum Gasteiger partial charge on any atom is 0.255 e. The van der Waals surface area contributed by atoms with Crippen molar-refractivity contribution in [3.63, 3.8) is 0 Å². The van der Waals surface area contributed by atoms with Gasteiger partial charge in [-0.05, 0) is 79.3 Å². The number of hydrogen-bond acceptors (Lipinski definition) is 3. The summed E-state index contributed by atoms with van der Waals surface area (Å²) in [5.74, 6) is 0.888. The van der Waals surface area contributed by atoms with Crippen molar-refractivity contribution in [2.24, 2.45) is 0 Å². The number of aryl methyl sites for hydroxylation is 1. The van der Waals surface area contributed by atoms with Crippen LogP contribution in [-0.4, -0.2) is 17.1 Å². The van der Waals surface area contributed by atoms with Crippen molar-refractivity contribution < 1.29 is 4.74 Å². The van der Waals surface area contributed by atoms with E-state index < -0.39 is 0 Å². The second-order valence-corrected chi connectivity index (χ2v) is 10.2. The smallest absolute Gasteiger partial charge is 0.255 e. The minimum Gasteiger partial charge on any atom is -0.490 e. The zero-order valence-corrected chi connectivity index (χ0v) is 21.3. The monoisotopic (exact) mass is 480 g/mol. The number of aromatic amines is 1. The van der Waals surface area contributed by atoms with Crippen LogP contribution in [0, 0.1) is 6.92 Å². The molecule has 1 aliphatic rings.